The molecule has 2 amide bonds. The molecule has 0 unspecified atom stereocenters. The third-order valence-corrected chi connectivity index (χ3v) is 5.26. The highest BCUT2D eigenvalue weighted by molar-refractivity contribution is 6.15. The second-order valence-corrected chi connectivity index (χ2v) is 7.84. The molecule has 0 saturated carbocycles. The summed E-state index contributed by atoms with van der Waals surface area (Å²) in [5.74, 6) is -0.0175. The van der Waals surface area contributed by atoms with Gasteiger partial charge in [0.25, 0.3) is 0 Å². The zero-order chi connectivity index (χ0) is 22.4. The predicted molar refractivity (Wildman–Crippen MR) is 127 cm³/mol. The van der Waals surface area contributed by atoms with Crippen LogP contribution in [-0.4, -0.2) is 58.0 Å². The summed E-state index contributed by atoms with van der Waals surface area (Å²) in [4.78, 5) is 29.2. The van der Waals surface area contributed by atoms with Crippen molar-refractivity contribution in [2.24, 2.45) is 0 Å². The fraction of sp³-hybridized carbons (Fsp3) is 0.280. The number of Topliss-reactive ketones (excluding diaryl/α,β-unsaturated/α-hetero) is 1. The third-order valence-electron chi connectivity index (χ3n) is 5.26. The van der Waals surface area contributed by atoms with Crippen LogP contribution in [0.5, 0.6) is 0 Å². The Bertz CT molecular complexity index is 989. The van der Waals surface area contributed by atoms with Crippen molar-refractivity contribution in [3.63, 3.8) is 0 Å². The molecular formula is C25H30N4O2. The number of anilines is 1. The minimum atomic E-state index is -0.198. The number of carbonyl (C=O) groups excluding carboxylic acids is 2. The molecule has 6 nitrogen and oxygen atoms in total. The number of carbonyl (C=O) groups is 2. The Hall–Kier alpha value is -3.38. The Morgan fingerprint density at radius 3 is 1.90 bits per heavy atom. The van der Waals surface area contributed by atoms with Crippen LogP contribution in [0.4, 0.5) is 10.5 Å². The quantitative estimate of drug-likeness (QED) is 0.732. The second-order valence-electron chi connectivity index (χ2n) is 7.84. The van der Waals surface area contributed by atoms with E-state index in [0.717, 1.165) is 23.4 Å². The topological polar surface area (TPSA) is 64.7 Å². The molecule has 2 aromatic carbocycles. The van der Waals surface area contributed by atoms with E-state index in [2.05, 4.69) is 10.6 Å². The highest BCUT2D eigenvalue weighted by atomic mass is 16.2. The Kier molecular flexibility index (Phi) is 7.26. The second kappa shape index (κ2) is 10.1. The number of piperidine rings is 1. The Morgan fingerprint density at radius 1 is 0.935 bits per heavy atom. The fourth-order valence-corrected chi connectivity index (χ4v) is 3.55. The molecule has 2 N–H and O–H groups in total. The summed E-state index contributed by atoms with van der Waals surface area (Å²) in [6.45, 7) is 1.36. The first kappa shape index (κ1) is 22.3. The lowest BCUT2D eigenvalue weighted by atomic mass is 9.94. The normalized spacial score (nSPS) is 16.6. The average molecular weight is 419 g/mol. The summed E-state index contributed by atoms with van der Waals surface area (Å²) in [6.07, 6.45) is 3.75. The van der Waals surface area contributed by atoms with Crippen molar-refractivity contribution < 1.29 is 9.59 Å². The van der Waals surface area contributed by atoms with Crippen molar-refractivity contribution in [3.8, 4) is 0 Å². The van der Waals surface area contributed by atoms with E-state index in [1.54, 1.807) is 11.9 Å². The highest BCUT2D eigenvalue weighted by Crippen LogP contribution is 2.23. The number of hydrogen-bond donors (Lipinski definition) is 2. The molecule has 162 valence electrons. The lowest BCUT2D eigenvalue weighted by Crippen LogP contribution is -2.45. The molecule has 1 aliphatic rings. The molecule has 0 bridgehead atoms. The van der Waals surface area contributed by atoms with E-state index in [1.165, 1.54) is 5.56 Å². The van der Waals surface area contributed by atoms with E-state index < -0.39 is 0 Å². The van der Waals surface area contributed by atoms with Gasteiger partial charge >= 0.3 is 6.03 Å². The smallest absolute Gasteiger partial charge is 0.317 e. The summed E-state index contributed by atoms with van der Waals surface area (Å²) >= 11 is 0. The van der Waals surface area contributed by atoms with E-state index in [0.29, 0.717) is 11.1 Å². The van der Waals surface area contributed by atoms with Crippen LogP contribution < -0.4 is 15.5 Å². The van der Waals surface area contributed by atoms with E-state index in [9.17, 15) is 9.59 Å². The van der Waals surface area contributed by atoms with Gasteiger partial charge in [-0.3, -0.25) is 4.79 Å². The molecule has 1 heterocycles. The molecule has 0 aromatic heterocycles. The summed E-state index contributed by atoms with van der Waals surface area (Å²) in [7, 11) is 7.49. The summed E-state index contributed by atoms with van der Waals surface area (Å²) in [6, 6.07) is 15.9. The Balaban J connectivity index is 1.92. The Morgan fingerprint density at radius 2 is 1.45 bits per heavy atom. The van der Waals surface area contributed by atoms with Crippen LogP contribution in [0.2, 0.25) is 0 Å². The predicted octanol–water partition coefficient (Wildman–Crippen LogP) is 3.16. The molecule has 31 heavy (non-hydrogen) atoms. The largest absolute Gasteiger partial charge is 0.378 e. The number of benzene rings is 2. The first-order chi connectivity index (χ1) is 14.9. The zero-order valence-corrected chi connectivity index (χ0v) is 18.6. The van der Waals surface area contributed by atoms with Crippen LogP contribution >= 0.6 is 0 Å². The fourth-order valence-electron chi connectivity index (χ4n) is 3.55. The van der Waals surface area contributed by atoms with Crippen molar-refractivity contribution in [1.82, 2.24) is 15.5 Å². The Labute approximate surface area is 184 Å². The van der Waals surface area contributed by atoms with Gasteiger partial charge in [-0.25, -0.2) is 4.79 Å². The van der Waals surface area contributed by atoms with Gasteiger partial charge in [0.1, 0.15) is 0 Å². The highest BCUT2D eigenvalue weighted by Gasteiger charge is 2.28. The molecule has 0 spiro atoms. The van der Waals surface area contributed by atoms with Crippen LogP contribution in [0.15, 0.2) is 59.7 Å². The number of nitrogens with zero attached hydrogens (tertiary/aromatic N) is 2. The van der Waals surface area contributed by atoms with Gasteiger partial charge < -0.3 is 20.4 Å². The van der Waals surface area contributed by atoms with Crippen LogP contribution in [0.25, 0.3) is 12.2 Å². The van der Waals surface area contributed by atoms with Crippen LogP contribution in [0, 0.1) is 0 Å². The minimum Gasteiger partial charge on any atom is -0.378 e. The minimum absolute atomic E-state index is 0.0175. The molecular weight excluding hydrogens is 388 g/mol. The van der Waals surface area contributed by atoms with Crippen LogP contribution in [0.3, 0.4) is 0 Å². The van der Waals surface area contributed by atoms with Gasteiger partial charge in [-0.2, -0.15) is 0 Å². The number of amides is 2. The van der Waals surface area contributed by atoms with Crippen molar-refractivity contribution in [1.29, 1.82) is 0 Å². The first-order valence-corrected chi connectivity index (χ1v) is 10.3. The summed E-state index contributed by atoms with van der Waals surface area (Å²) in [5.41, 5.74) is 5.35. The number of likely N-dealkylation sites (tertiary alicyclic amines) is 1. The molecule has 6 heteroatoms. The van der Waals surface area contributed by atoms with Crippen molar-refractivity contribution >= 4 is 29.7 Å². The van der Waals surface area contributed by atoms with E-state index in [4.69, 9.17) is 0 Å². The van der Waals surface area contributed by atoms with Crippen LogP contribution in [-0.2, 0) is 11.3 Å². The van der Waals surface area contributed by atoms with Crippen molar-refractivity contribution in [3.05, 3.63) is 76.4 Å². The standard InChI is InChI=1S/C25H30N4O2/c1-26-15-20-7-5-18(6-8-20)13-21-16-29(25(31)27-2)17-22(24(21)30)14-19-9-11-23(12-10-19)28(3)4/h5-14,26H,15-17H2,1-4H3,(H,27,31). The van der Waals surface area contributed by atoms with Gasteiger partial charge in [-0.05, 0) is 48.0 Å². The van der Waals surface area contributed by atoms with Crippen LogP contribution in [0.1, 0.15) is 16.7 Å². The number of urea groups is 1. The SMILES string of the molecule is CNCc1ccc(C=C2CN(C(=O)NC)CC(=Cc3ccc(N(C)C)cc3)C2=O)cc1. The third kappa shape index (κ3) is 5.61. The zero-order valence-electron chi connectivity index (χ0n) is 18.6. The van der Waals surface area contributed by atoms with Crippen molar-refractivity contribution in [2.45, 2.75) is 6.54 Å². The molecule has 0 radical (unpaired) electrons. The molecule has 2 aromatic rings. The lowest BCUT2D eigenvalue weighted by Gasteiger charge is -2.29. The molecule has 3 rings (SSSR count). The van der Waals surface area contributed by atoms with Gasteiger partial charge in [0.2, 0.25) is 0 Å². The number of hydrogen-bond acceptors (Lipinski definition) is 4. The van der Waals surface area contributed by atoms with Gasteiger partial charge in [-0.15, -0.1) is 0 Å². The molecule has 1 fully saturated rings. The van der Waals surface area contributed by atoms with Gasteiger partial charge in [0, 0.05) is 44.5 Å². The molecule has 0 atom stereocenters. The summed E-state index contributed by atoms with van der Waals surface area (Å²) in [5, 5.41) is 5.79. The first-order valence-electron chi connectivity index (χ1n) is 10.3. The number of nitrogens with one attached hydrogen (secondary N) is 2. The maximum absolute atomic E-state index is 13.2. The van der Waals surface area contributed by atoms with Gasteiger partial charge in [-0.1, -0.05) is 36.4 Å². The maximum Gasteiger partial charge on any atom is 0.317 e. The van der Waals surface area contributed by atoms with E-state index in [1.807, 2.05) is 86.7 Å². The van der Waals surface area contributed by atoms with Gasteiger partial charge in [0.15, 0.2) is 5.78 Å². The number of ketones is 1. The monoisotopic (exact) mass is 418 g/mol. The van der Waals surface area contributed by atoms with E-state index in [-0.39, 0.29) is 24.9 Å². The molecule has 0 aliphatic carbocycles. The molecule has 1 aliphatic heterocycles. The lowest BCUT2D eigenvalue weighted by molar-refractivity contribution is -0.113. The average Bonchev–Trinajstić information content (AvgIpc) is 2.77. The summed E-state index contributed by atoms with van der Waals surface area (Å²) < 4.78 is 0. The number of rotatable bonds is 5. The van der Waals surface area contributed by atoms with Gasteiger partial charge in [0.05, 0.1) is 13.1 Å². The van der Waals surface area contributed by atoms with Crippen molar-refractivity contribution in [2.75, 3.05) is 46.2 Å². The maximum atomic E-state index is 13.2. The van der Waals surface area contributed by atoms with E-state index >= 15 is 0 Å². The molecule has 1 saturated heterocycles.